The lowest BCUT2D eigenvalue weighted by Crippen LogP contribution is -2.19. The van der Waals surface area contributed by atoms with Gasteiger partial charge in [-0.2, -0.15) is 0 Å². The number of nitro benzene ring substituents is 1. The maximum atomic E-state index is 11.6. The second-order valence-electron chi connectivity index (χ2n) is 3.71. The van der Waals surface area contributed by atoms with Crippen LogP contribution >= 0.6 is 0 Å². The number of aliphatic carboxylic acids is 1. The minimum absolute atomic E-state index is 0.0107. The molecular formula is C10H12N2O7S. The molecular weight excluding hydrogens is 292 g/mol. The molecule has 0 heterocycles. The number of benzene rings is 1. The third-order valence-electron chi connectivity index (χ3n) is 2.23. The van der Waals surface area contributed by atoms with Gasteiger partial charge in [-0.1, -0.05) is 0 Å². The van der Waals surface area contributed by atoms with E-state index >= 15 is 0 Å². The lowest BCUT2D eigenvalue weighted by molar-refractivity contribution is -0.385. The molecule has 0 amide bonds. The highest BCUT2D eigenvalue weighted by Crippen LogP contribution is 2.30. The summed E-state index contributed by atoms with van der Waals surface area (Å²) in [6, 6.07) is 3.52. The van der Waals surface area contributed by atoms with Crippen LogP contribution in [0.1, 0.15) is 6.42 Å². The zero-order valence-corrected chi connectivity index (χ0v) is 11.2. The molecule has 0 spiro atoms. The molecule has 0 atom stereocenters. The molecule has 1 rings (SSSR count). The van der Waals surface area contributed by atoms with Gasteiger partial charge in [0.1, 0.15) is 0 Å². The second kappa shape index (κ2) is 6.19. The fraction of sp³-hybridized carbons (Fsp3) is 0.300. The highest BCUT2D eigenvalue weighted by atomic mass is 32.2. The number of methoxy groups -OCH3 is 1. The van der Waals surface area contributed by atoms with Crippen LogP contribution in [0.2, 0.25) is 0 Å². The summed E-state index contributed by atoms with van der Waals surface area (Å²) in [5.41, 5.74) is -0.436. The lowest BCUT2D eigenvalue weighted by atomic mass is 10.2. The summed E-state index contributed by atoms with van der Waals surface area (Å²) in [6.07, 6.45) is -0.562. The zero-order valence-electron chi connectivity index (χ0n) is 10.4. The van der Waals surface area contributed by atoms with Crippen LogP contribution in [-0.4, -0.2) is 37.3 Å². The maximum absolute atomic E-state index is 11.6. The van der Waals surface area contributed by atoms with Crippen LogP contribution in [0.15, 0.2) is 18.2 Å². The molecule has 110 valence electrons. The first-order valence-corrected chi connectivity index (χ1v) is 6.95. The van der Waals surface area contributed by atoms with Crippen LogP contribution in [0, 0.1) is 10.1 Å². The first-order chi connectivity index (χ1) is 9.25. The number of sulfonamides is 1. The van der Waals surface area contributed by atoms with E-state index in [0.717, 1.165) is 6.07 Å². The molecule has 0 bridgehead atoms. The van der Waals surface area contributed by atoms with E-state index in [-0.39, 0.29) is 11.4 Å². The standard InChI is InChI=1S/C10H12N2O7S/c1-19-9-3-2-7(6-8(9)12(15)16)11-20(17,18)5-4-10(13)14/h2-3,6,11H,4-5H2,1H3,(H,13,14). The molecule has 0 aliphatic carbocycles. The molecule has 0 radical (unpaired) electrons. The van der Waals surface area contributed by atoms with Crippen LogP contribution < -0.4 is 9.46 Å². The van der Waals surface area contributed by atoms with Gasteiger partial charge in [0.15, 0.2) is 5.75 Å². The van der Waals surface area contributed by atoms with Crippen molar-refractivity contribution in [3.63, 3.8) is 0 Å². The van der Waals surface area contributed by atoms with Crippen molar-refractivity contribution in [2.75, 3.05) is 17.6 Å². The molecule has 0 aromatic heterocycles. The number of hydrogen-bond donors (Lipinski definition) is 2. The average Bonchev–Trinajstić information content (AvgIpc) is 2.36. The predicted octanol–water partition coefficient (Wildman–Crippen LogP) is 0.820. The maximum Gasteiger partial charge on any atom is 0.312 e. The summed E-state index contributed by atoms with van der Waals surface area (Å²) >= 11 is 0. The van der Waals surface area contributed by atoms with Gasteiger partial charge in [-0.05, 0) is 12.1 Å². The molecule has 0 aliphatic heterocycles. The van der Waals surface area contributed by atoms with Crippen LogP contribution in [0.25, 0.3) is 0 Å². The smallest absolute Gasteiger partial charge is 0.312 e. The van der Waals surface area contributed by atoms with Crippen molar-refractivity contribution in [3.05, 3.63) is 28.3 Å². The van der Waals surface area contributed by atoms with Gasteiger partial charge in [0.25, 0.3) is 0 Å². The third kappa shape index (κ3) is 4.39. The van der Waals surface area contributed by atoms with Crippen molar-refractivity contribution in [2.45, 2.75) is 6.42 Å². The number of anilines is 1. The van der Waals surface area contributed by atoms with E-state index < -0.39 is 38.8 Å². The highest BCUT2D eigenvalue weighted by molar-refractivity contribution is 7.92. The van der Waals surface area contributed by atoms with Crippen molar-refractivity contribution in [3.8, 4) is 5.75 Å². The number of rotatable bonds is 7. The van der Waals surface area contributed by atoms with Gasteiger partial charge in [-0.15, -0.1) is 0 Å². The number of ether oxygens (including phenoxy) is 1. The summed E-state index contributed by atoms with van der Waals surface area (Å²) < 4.78 is 30.0. The molecule has 0 aliphatic rings. The quantitative estimate of drug-likeness (QED) is 0.562. The van der Waals surface area contributed by atoms with E-state index in [2.05, 4.69) is 4.72 Å². The number of hydrogen-bond acceptors (Lipinski definition) is 6. The lowest BCUT2D eigenvalue weighted by Gasteiger charge is -2.08. The summed E-state index contributed by atoms with van der Waals surface area (Å²) in [5, 5.41) is 19.2. The summed E-state index contributed by atoms with van der Waals surface area (Å²) in [5.74, 6) is -1.89. The summed E-state index contributed by atoms with van der Waals surface area (Å²) in [7, 11) is -2.64. The predicted molar refractivity (Wildman–Crippen MR) is 69.3 cm³/mol. The van der Waals surface area contributed by atoms with Gasteiger partial charge in [0.05, 0.1) is 29.9 Å². The van der Waals surface area contributed by atoms with Crippen LogP contribution in [0.5, 0.6) is 5.75 Å². The van der Waals surface area contributed by atoms with E-state index in [1.807, 2.05) is 0 Å². The average molecular weight is 304 g/mol. The summed E-state index contributed by atoms with van der Waals surface area (Å²) in [6.45, 7) is 0. The van der Waals surface area contributed by atoms with Crippen molar-refractivity contribution in [1.29, 1.82) is 0 Å². The van der Waals surface area contributed by atoms with Crippen molar-refractivity contribution < 1.29 is 28.0 Å². The van der Waals surface area contributed by atoms with Crippen LogP contribution in [0.3, 0.4) is 0 Å². The topological polar surface area (TPSA) is 136 Å². The van der Waals surface area contributed by atoms with E-state index in [4.69, 9.17) is 9.84 Å². The highest BCUT2D eigenvalue weighted by Gasteiger charge is 2.18. The van der Waals surface area contributed by atoms with Crippen molar-refractivity contribution >= 4 is 27.4 Å². The second-order valence-corrected chi connectivity index (χ2v) is 5.55. The molecule has 0 saturated carbocycles. The Bertz CT molecular complexity index is 626. The Labute approximate surface area is 114 Å². The SMILES string of the molecule is COc1ccc(NS(=O)(=O)CCC(=O)O)cc1[N+](=O)[O-]. The monoisotopic (exact) mass is 304 g/mol. The number of carbonyl (C=O) groups is 1. The van der Waals surface area contributed by atoms with Gasteiger partial charge >= 0.3 is 11.7 Å². The molecule has 1 aromatic carbocycles. The van der Waals surface area contributed by atoms with Gasteiger partial charge in [-0.3, -0.25) is 19.6 Å². The molecule has 9 nitrogen and oxygen atoms in total. The van der Waals surface area contributed by atoms with Gasteiger partial charge in [0.2, 0.25) is 10.0 Å². The Balaban J connectivity index is 2.96. The number of carboxylic acid groups (broad SMARTS) is 1. The Hall–Kier alpha value is -2.36. The van der Waals surface area contributed by atoms with Crippen molar-refractivity contribution in [1.82, 2.24) is 0 Å². The number of carboxylic acids is 1. The van der Waals surface area contributed by atoms with E-state index in [0.29, 0.717) is 0 Å². The molecule has 1 aromatic rings. The van der Waals surface area contributed by atoms with Crippen LogP contribution in [0.4, 0.5) is 11.4 Å². The Morgan fingerprint density at radius 1 is 1.50 bits per heavy atom. The normalized spacial score (nSPS) is 10.8. The Kier molecular flexibility index (Phi) is 4.86. The minimum atomic E-state index is -3.89. The molecule has 10 heteroatoms. The molecule has 0 unspecified atom stereocenters. The minimum Gasteiger partial charge on any atom is -0.490 e. The van der Waals surface area contributed by atoms with E-state index in [1.54, 1.807) is 0 Å². The number of nitro groups is 1. The third-order valence-corrected chi connectivity index (χ3v) is 3.52. The fourth-order valence-electron chi connectivity index (χ4n) is 1.35. The van der Waals surface area contributed by atoms with Gasteiger partial charge < -0.3 is 9.84 Å². The first-order valence-electron chi connectivity index (χ1n) is 5.30. The Morgan fingerprint density at radius 2 is 2.15 bits per heavy atom. The van der Waals surface area contributed by atoms with Crippen LogP contribution in [-0.2, 0) is 14.8 Å². The molecule has 0 saturated heterocycles. The largest absolute Gasteiger partial charge is 0.490 e. The van der Waals surface area contributed by atoms with Gasteiger partial charge in [-0.25, -0.2) is 8.42 Å². The van der Waals surface area contributed by atoms with Crippen molar-refractivity contribution in [2.24, 2.45) is 0 Å². The zero-order chi connectivity index (χ0) is 15.3. The molecule has 0 fully saturated rings. The number of nitrogens with one attached hydrogen (secondary N) is 1. The first kappa shape index (κ1) is 15.7. The fourth-order valence-corrected chi connectivity index (χ4v) is 2.38. The van der Waals surface area contributed by atoms with E-state index in [1.165, 1.54) is 19.2 Å². The summed E-state index contributed by atoms with van der Waals surface area (Å²) in [4.78, 5) is 20.4. The number of nitrogens with zero attached hydrogens (tertiary/aromatic N) is 1. The van der Waals surface area contributed by atoms with E-state index in [9.17, 15) is 23.3 Å². The molecule has 2 N–H and O–H groups in total. The van der Waals surface area contributed by atoms with Gasteiger partial charge in [0, 0.05) is 6.07 Å². The Morgan fingerprint density at radius 3 is 2.65 bits per heavy atom. The molecule has 20 heavy (non-hydrogen) atoms.